The molecule has 98 valence electrons. The second-order valence-electron chi connectivity index (χ2n) is 4.24. The number of hydrogen-bond donors (Lipinski definition) is 2. The summed E-state index contributed by atoms with van der Waals surface area (Å²) in [6, 6.07) is 15.5. The van der Waals surface area contributed by atoms with E-state index in [1.54, 1.807) is 6.07 Å². The molecule has 0 aliphatic carbocycles. The predicted molar refractivity (Wildman–Crippen MR) is 75.7 cm³/mol. The minimum Gasteiger partial charge on any atom is -0.508 e. The van der Waals surface area contributed by atoms with Gasteiger partial charge in [0.2, 0.25) is 0 Å². The number of rotatable bonds is 2. The van der Waals surface area contributed by atoms with E-state index in [-0.39, 0.29) is 17.2 Å². The highest BCUT2D eigenvalue weighted by atomic mass is 16.3. The zero-order valence-corrected chi connectivity index (χ0v) is 10.4. The number of aromatic nitrogens is 1. The van der Waals surface area contributed by atoms with E-state index in [0.717, 1.165) is 10.9 Å². The molecule has 20 heavy (non-hydrogen) atoms. The Morgan fingerprint density at radius 3 is 2.55 bits per heavy atom. The molecule has 0 aliphatic rings. The van der Waals surface area contributed by atoms with Crippen LogP contribution in [0, 0.1) is 0 Å². The third-order valence-corrected chi connectivity index (χ3v) is 2.80. The van der Waals surface area contributed by atoms with E-state index in [4.69, 9.17) is 0 Å². The number of phenols is 2. The Morgan fingerprint density at radius 2 is 1.70 bits per heavy atom. The van der Waals surface area contributed by atoms with Crippen LogP contribution in [0.2, 0.25) is 0 Å². The van der Waals surface area contributed by atoms with Crippen LogP contribution in [-0.4, -0.2) is 15.2 Å². The lowest BCUT2D eigenvalue weighted by molar-refractivity contribution is 0.451. The lowest BCUT2D eigenvalue weighted by Crippen LogP contribution is -1.77. The van der Waals surface area contributed by atoms with E-state index in [9.17, 15) is 10.2 Å². The third-order valence-electron chi connectivity index (χ3n) is 2.80. The predicted octanol–water partition coefficient (Wildman–Crippen LogP) is 4.06. The van der Waals surface area contributed by atoms with Gasteiger partial charge in [-0.3, -0.25) is 0 Å². The monoisotopic (exact) mass is 265 g/mol. The van der Waals surface area contributed by atoms with Gasteiger partial charge in [-0.2, -0.15) is 0 Å². The molecule has 0 saturated heterocycles. The third kappa shape index (κ3) is 2.42. The van der Waals surface area contributed by atoms with Crippen molar-refractivity contribution in [3.05, 3.63) is 54.6 Å². The maximum atomic E-state index is 9.61. The summed E-state index contributed by atoms with van der Waals surface area (Å²) in [5.41, 5.74) is 1.11. The number of phenolic OH excluding ortho intramolecular Hbond substituents is 2. The SMILES string of the molecule is Oc1ccc(/N=N/c2ccc3ccccc3n2)c(O)c1. The fourth-order valence-corrected chi connectivity index (χ4v) is 1.81. The van der Waals surface area contributed by atoms with E-state index in [0.29, 0.717) is 5.82 Å². The van der Waals surface area contributed by atoms with Gasteiger partial charge in [-0.1, -0.05) is 18.2 Å². The highest BCUT2D eigenvalue weighted by Gasteiger charge is 2.01. The Labute approximate surface area is 114 Å². The molecule has 0 bridgehead atoms. The Morgan fingerprint density at radius 1 is 0.850 bits per heavy atom. The van der Waals surface area contributed by atoms with Crippen LogP contribution in [0.25, 0.3) is 10.9 Å². The Bertz CT molecular complexity index is 800. The van der Waals surface area contributed by atoms with Gasteiger partial charge >= 0.3 is 0 Å². The van der Waals surface area contributed by atoms with Crippen LogP contribution in [0.15, 0.2) is 64.8 Å². The molecule has 0 atom stereocenters. The van der Waals surface area contributed by atoms with E-state index < -0.39 is 0 Å². The number of azo groups is 1. The first-order valence-electron chi connectivity index (χ1n) is 6.02. The van der Waals surface area contributed by atoms with Crippen molar-refractivity contribution in [1.29, 1.82) is 0 Å². The fourth-order valence-electron chi connectivity index (χ4n) is 1.81. The molecule has 1 heterocycles. The Balaban J connectivity index is 1.93. The summed E-state index contributed by atoms with van der Waals surface area (Å²) in [5.74, 6) is 0.302. The molecule has 0 fully saturated rings. The fraction of sp³-hybridized carbons (Fsp3) is 0. The average Bonchev–Trinajstić information content (AvgIpc) is 2.46. The number of aromatic hydroxyl groups is 2. The maximum Gasteiger partial charge on any atom is 0.174 e. The summed E-state index contributed by atoms with van der Waals surface area (Å²) >= 11 is 0. The summed E-state index contributed by atoms with van der Waals surface area (Å²) in [6.45, 7) is 0. The number of nitrogens with zero attached hydrogens (tertiary/aromatic N) is 3. The number of pyridine rings is 1. The van der Waals surface area contributed by atoms with Crippen LogP contribution in [-0.2, 0) is 0 Å². The summed E-state index contributed by atoms with van der Waals surface area (Å²) in [6.07, 6.45) is 0. The largest absolute Gasteiger partial charge is 0.508 e. The molecule has 1 aromatic heterocycles. The molecule has 5 heteroatoms. The van der Waals surface area contributed by atoms with Gasteiger partial charge in [-0.15, -0.1) is 10.2 Å². The first kappa shape index (κ1) is 12.1. The van der Waals surface area contributed by atoms with Gasteiger partial charge in [0.25, 0.3) is 0 Å². The summed E-state index contributed by atoms with van der Waals surface area (Å²) in [4.78, 5) is 4.35. The second kappa shape index (κ2) is 4.97. The normalized spacial score (nSPS) is 11.2. The molecule has 3 aromatic rings. The highest BCUT2D eigenvalue weighted by Crippen LogP contribution is 2.31. The number of para-hydroxylation sites is 1. The molecule has 0 amide bonds. The van der Waals surface area contributed by atoms with Crippen molar-refractivity contribution in [3.63, 3.8) is 0 Å². The Hall–Kier alpha value is -2.95. The molecule has 2 N–H and O–H groups in total. The van der Waals surface area contributed by atoms with Crippen molar-refractivity contribution in [2.75, 3.05) is 0 Å². The first-order valence-corrected chi connectivity index (χ1v) is 6.02. The molecule has 3 rings (SSSR count). The zero-order chi connectivity index (χ0) is 13.9. The summed E-state index contributed by atoms with van der Waals surface area (Å²) in [5, 5.41) is 27.7. The van der Waals surface area contributed by atoms with Gasteiger partial charge < -0.3 is 10.2 Å². The van der Waals surface area contributed by atoms with Gasteiger partial charge in [0.15, 0.2) is 5.82 Å². The van der Waals surface area contributed by atoms with Gasteiger partial charge in [-0.05, 0) is 30.3 Å². The van der Waals surface area contributed by atoms with Crippen molar-refractivity contribution in [3.8, 4) is 11.5 Å². The quantitative estimate of drug-likeness (QED) is 0.686. The van der Waals surface area contributed by atoms with Crippen LogP contribution in [0.1, 0.15) is 0 Å². The van der Waals surface area contributed by atoms with Gasteiger partial charge in [0.05, 0.1) is 5.52 Å². The zero-order valence-electron chi connectivity index (χ0n) is 10.4. The van der Waals surface area contributed by atoms with Crippen LogP contribution in [0.3, 0.4) is 0 Å². The first-order chi connectivity index (χ1) is 9.72. The molecule has 0 unspecified atom stereocenters. The number of fused-ring (bicyclic) bond motifs is 1. The van der Waals surface area contributed by atoms with Crippen molar-refractivity contribution < 1.29 is 10.2 Å². The minimum atomic E-state index is -0.130. The summed E-state index contributed by atoms with van der Waals surface area (Å²) in [7, 11) is 0. The van der Waals surface area contributed by atoms with Crippen molar-refractivity contribution in [1.82, 2.24) is 4.98 Å². The van der Waals surface area contributed by atoms with Crippen molar-refractivity contribution in [2.45, 2.75) is 0 Å². The Kier molecular flexibility index (Phi) is 3.01. The molecule has 0 aliphatic heterocycles. The molecular weight excluding hydrogens is 254 g/mol. The molecule has 2 aromatic carbocycles. The molecule has 0 radical (unpaired) electrons. The van der Waals surface area contributed by atoms with Gasteiger partial charge in [0.1, 0.15) is 17.2 Å². The van der Waals surface area contributed by atoms with E-state index in [2.05, 4.69) is 15.2 Å². The van der Waals surface area contributed by atoms with E-state index in [1.807, 2.05) is 30.3 Å². The molecule has 0 saturated carbocycles. The molecule has 5 nitrogen and oxygen atoms in total. The van der Waals surface area contributed by atoms with Gasteiger partial charge in [-0.25, -0.2) is 4.98 Å². The van der Waals surface area contributed by atoms with Crippen LogP contribution >= 0.6 is 0 Å². The van der Waals surface area contributed by atoms with Crippen molar-refractivity contribution in [2.24, 2.45) is 10.2 Å². The lowest BCUT2D eigenvalue weighted by Gasteiger charge is -1.99. The van der Waals surface area contributed by atoms with E-state index in [1.165, 1.54) is 18.2 Å². The van der Waals surface area contributed by atoms with Gasteiger partial charge in [0, 0.05) is 11.5 Å². The smallest absolute Gasteiger partial charge is 0.174 e. The second-order valence-corrected chi connectivity index (χ2v) is 4.24. The van der Waals surface area contributed by atoms with Crippen LogP contribution in [0.4, 0.5) is 11.5 Å². The minimum absolute atomic E-state index is 0.0229. The van der Waals surface area contributed by atoms with E-state index >= 15 is 0 Å². The van der Waals surface area contributed by atoms with Crippen LogP contribution in [0.5, 0.6) is 11.5 Å². The average molecular weight is 265 g/mol. The maximum absolute atomic E-state index is 9.61. The summed E-state index contributed by atoms with van der Waals surface area (Å²) < 4.78 is 0. The van der Waals surface area contributed by atoms with Crippen molar-refractivity contribution >= 4 is 22.4 Å². The molecular formula is C15H11N3O2. The standard InChI is InChI=1S/C15H11N3O2/c19-11-6-7-13(14(20)9-11)17-18-15-8-5-10-3-1-2-4-12(10)16-15/h1-9,19-20H/b18-17+. The highest BCUT2D eigenvalue weighted by molar-refractivity contribution is 5.79. The lowest BCUT2D eigenvalue weighted by atomic mass is 10.2. The number of benzene rings is 2. The number of hydrogen-bond acceptors (Lipinski definition) is 5. The molecule has 0 spiro atoms. The van der Waals surface area contributed by atoms with Crippen LogP contribution < -0.4 is 0 Å². The topological polar surface area (TPSA) is 78.1 Å².